The van der Waals surface area contributed by atoms with E-state index in [0.29, 0.717) is 40.2 Å². The fourth-order valence-electron chi connectivity index (χ4n) is 4.55. The molecule has 1 N–H and O–H groups in total. The van der Waals surface area contributed by atoms with Crippen LogP contribution in [-0.4, -0.2) is 53.3 Å². The van der Waals surface area contributed by atoms with Crippen molar-refractivity contribution in [2.24, 2.45) is 5.41 Å². The van der Waals surface area contributed by atoms with E-state index in [9.17, 15) is 5.11 Å². The number of hydrogen-bond donors (Lipinski definition) is 1. The average Bonchev–Trinajstić information content (AvgIpc) is 2.88. The number of aromatic nitrogens is 2. The molecule has 34 heavy (non-hydrogen) atoms. The number of aliphatic hydroxyl groups is 1. The minimum absolute atomic E-state index is 0.0492. The summed E-state index contributed by atoms with van der Waals surface area (Å²) in [5, 5.41) is 11.2. The van der Waals surface area contributed by atoms with Crippen molar-refractivity contribution in [1.29, 1.82) is 0 Å². The lowest BCUT2D eigenvalue weighted by molar-refractivity contribution is 0.0344. The summed E-state index contributed by atoms with van der Waals surface area (Å²) in [4.78, 5) is 10.7. The van der Waals surface area contributed by atoms with Gasteiger partial charge in [0.2, 0.25) is 0 Å². The monoisotopic (exact) mass is 481 g/mol. The summed E-state index contributed by atoms with van der Waals surface area (Å²) in [7, 11) is 1.58. The Hall–Kier alpha value is -2.72. The van der Waals surface area contributed by atoms with E-state index < -0.39 is 6.17 Å². The van der Waals surface area contributed by atoms with Gasteiger partial charge in [-0.15, -0.1) is 0 Å². The third kappa shape index (κ3) is 5.67. The van der Waals surface area contributed by atoms with Crippen LogP contribution >= 0.6 is 11.6 Å². The normalized spacial score (nSPS) is 16.6. The van der Waals surface area contributed by atoms with Crippen molar-refractivity contribution in [1.82, 2.24) is 14.9 Å². The summed E-state index contributed by atoms with van der Waals surface area (Å²) >= 11 is 6.38. The van der Waals surface area contributed by atoms with Gasteiger partial charge in [-0.2, -0.15) is 0 Å². The lowest BCUT2D eigenvalue weighted by Gasteiger charge is -2.40. The topological polar surface area (TPSA) is 58.5 Å². The van der Waals surface area contributed by atoms with Crippen molar-refractivity contribution < 1.29 is 14.2 Å². The third-order valence-corrected chi connectivity index (χ3v) is 7.06. The molecule has 1 saturated heterocycles. The molecular formula is C27H29ClFN3O2. The molecule has 2 aromatic heterocycles. The number of rotatable bonds is 7. The number of fused-ring (bicyclic) bond motifs is 1. The molecule has 0 saturated carbocycles. The molecule has 1 aliphatic rings. The van der Waals surface area contributed by atoms with Crippen molar-refractivity contribution >= 4 is 22.5 Å². The van der Waals surface area contributed by atoms with E-state index in [1.807, 2.05) is 18.2 Å². The summed E-state index contributed by atoms with van der Waals surface area (Å²) in [6, 6.07) is 9.20. The van der Waals surface area contributed by atoms with Crippen LogP contribution in [0.3, 0.4) is 0 Å². The first-order chi connectivity index (χ1) is 16.5. The maximum Gasteiger partial charge on any atom is 0.127 e. The highest BCUT2D eigenvalue weighted by atomic mass is 35.5. The molecule has 0 amide bonds. The van der Waals surface area contributed by atoms with Crippen LogP contribution in [0.25, 0.3) is 10.9 Å². The van der Waals surface area contributed by atoms with Gasteiger partial charge >= 0.3 is 0 Å². The molecule has 0 unspecified atom stereocenters. The SMILES string of the molecule is COc1ccc2ncc(Cl)c([C@H](F)CCC3(CO)CCN(CC#Cc4cccnc4)CC3)c2c1. The average molecular weight is 482 g/mol. The van der Waals surface area contributed by atoms with Gasteiger partial charge in [0.15, 0.2) is 0 Å². The number of alkyl halides is 1. The predicted octanol–water partition coefficient (Wildman–Crippen LogP) is 5.21. The van der Waals surface area contributed by atoms with Gasteiger partial charge in [-0.25, -0.2) is 4.39 Å². The highest BCUT2D eigenvalue weighted by Gasteiger charge is 2.35. The number of aliphatic hydroxyl groups excluding tert-OH is 1. The summed E-state index contributed by atoms with van der Waals surface area (Å²) in [5.74, 6) is 6.97. The van der Waals surface area contributed by atoms with Crippen molar-refractivity contribution in [2.45, 2.75) is 31.9 Å². The van der Waals surface area contributed by atoms with Crippen molar-refractivity contribution in [3.8, 4) is 17.6 Å². The molecule has 3 aromatic rings. The van der Waals surface area contributed by atoms with Gasteiger partial charge in [-0.3, -0.25) is 14.9 Å². The number of methoxy groups -OCH3 is 1. The van der Waals surface area contributed by atoms with Crippen LogP contribution in [-0.2, 0) is 0 Å². The van der Waals surface area contributed by atoms with E-state index in [0.717, 1.165) is 31.5 Å². The molecule has 7 heteroatoms. The highest BCUT2D eigenvalue weighted by molar-refractivity contribution is 6.32. The Morgan fingerprint density at radius 1 is 1.26 bits per heavy atom. The molecule has 1 fully saturated rings. The van der Waals surface area contributed by atoms with Crippen molar-refractivity contribution in [3.63, 3.8) is 0 Å². The van der Waals surface area contributed by atoms with Gasteiger partial charge in [0.05, 0.1) is 24.2 Å². The molecule has 0 radical (unpaired) electrons. The molecule has 3 heterocycles. The van der Waals surface area contributed by atoms with E-state index in [4.69, 9.17) is 16.3 Å². The van der Waals surface area contributed by atoms with E-state index >= 15 is 4.39 Å². The Balaban J connectivity index is 1.38. The Morgan fingerprint density at radius 2 is 2.09 bits per heavy atom. The second-order valence-electron chi connectivity index (χ2n) is 8.89. The lowest BCUT2D eigenvalue weighted by atomic mass is 9.74. The molecule has 0 spiro atoms. The first kappa shape index (κ1) is 24.4. The molecule has 178 valence electrons. The minimum atomic E-state index is -1.25. The maximum absolute atomic E-state index is 15.6. The number of likely N-dealkylation sites (tertiary alicyclic amines) is 1. The molecule has 1 aromatic carbocycles. The zero-order chi connectivity index (χ0) is 24.0. The summed E-state index contributed by atoms with van der Waals surface area (Å²) in [6.07, 6.45) is 6.23. The maximum atomic E-state index is 15.6. The lowest BCUT2D eigenvalue weighted by Crippen LogP contribution is -2.42. The Kier molecular flexibility index (Phi) is 7.99. The Labute approximate surface area is 204 Å². The van der Waals surface area contributed by atoms with Crippen LogP contribution in [0.15, 0.2) is 48.9 Å². The minimum Gasteiger partial charge on any atom is -0.497 e. The number of piperidine rings is 1. The number of nitrogens with zero attached hydrogens (tertiary/aromatic N) is 3. The van der Waals surface area contributed by atoms with E-state index in [1.165, 1.54) is 6.20 Å². The first-order valence-corrected chi connectivity index (χ1v) is 11.9. The van der Waals surface area contributed by atoms with Crippen molar-refractivity contribution in [2.75, 3.05) is 33.4 Å². The molecule has 0 bridgehead atoms. The van der Waals surface area contributed by atoms with E-state index in [1.54, 1.807) is 31.6 Å². The molecular weight excluding hydrogens is 453 g/mol. The van der Waals surface area contributed by atoms with Gasteiger partial charge in [0.1, 0.15) is 11.9 Å². The first-order valence-electron chi connectivity index (χ1n) is 11.5. The van der Waals surface area contributed by atoms with E-state index in [-0.39, 0.29) is 18.4 Å². The molecule has 4 rings (SSSR count). The number of halogens is 2. The molecule has 5 nitrogen and oxygen atoms in total. The van der Waals surface area contributed by atoms with Gasteiger partial charge in [0.25, 0.3) is 0 Å². The zero-order valence-corrected chi connectivity index (χ0v) is 20.1. The van der Waals surface area contributed by atoms with Gasteiger partial charge in [-0.1, -0.05) is 23.4 Å². The van der Waals surface area contributed by atoms with Gasteiger partial charge in [0, 0.05) is 41.7 Å². The quantitative estimate of drug-likeness (QED) is 0.469. The van der Waals surface area contributed by atoms with Crippen LogP contribution < -0.4 is 4.74 Å². The Bertz CT molecular complexity index is 1170. The van der Waals surface area contributed by atoms with Gasteiger partial charge in [-0.05, 0) is 74.5 Å². The fourth-order valence-corrected chi connectivity index (χ4v) is 4.82. The number of hydrogen-bond acceptors (Lipinski definition) is 5. The molecule has 0 aliphatic carbocycles. The van der Waals surface area contributed by atoms with Crippen LogP contribution in [0, 0.1) is 17.3 Å². The van der Waals surface area contributed by atoms with Crippen molar-refractivity contribution in [3.05, 3.63) is 65.1 Å². The summed E-state index contributed by atoms with van der Waals surface area (Å²) < 4.78 is 20.9. The second kappa shape index (κ2) is 11.1. The summed E-state index contributed by atoms with van der Waals surface area (Å²) in [6.45, 7) is 2.38. The predicted molar refractivity (Wildman–Crippen MR) is 133 cm³/mol. The smallest absolute Gasteiger partial charge is 0.127 e. The molecule has 1 aliphatic heterocycles. The van der Waals surface area contributed by atoms with Crippen LogP contribution in [0.5, 0.6) is 5.75 Å². The van der Waals surface area contributed by atoms with Crippen LogP contribution in [0.4, 0.5) is 4.39 Å². The fraction of sp³-hybridized carbons (Fsp3) is 0.407. The summed E-state index contributed by atoms with van der Waals surface area (Å²) in [5.41, 5.74) is 1.74. The zero-order valence-electron chi connectivity index (χ0n) is 19.3. The highest BCUT2D eigenvalue weighted by Crippen LogP contribution is 2.41. The van der Waals surface area contributed by atoms with Crippen LogP contribution in [0.2, 0.25) is 5.02 Å². The number of ether oxygens (including phenoxy) is 1. The standard InChI is InChI=1S/C27H29ClFN3O2/c1-34-21-6-7-25-22(16-21)26(23(28)18-31-25)24(29)8-9-27(19-33)10-14-32(15-11-27)13-3-5-20-4-2-12-30-17-20/h2,4,6-7,12,16-18,24,33H,8-11,13-15,19H2,1H3/t24-/m1/s1. The van der Waals surface area contributed by atoms with Gasteiger partial charge < -0.3 is 9.84 Å². The van der Waals surface area contributed by atoms with Crippen LogP contribution in [0.1, 0.15) is 43.0 Å². The molecule has 1 atom stereocenters. The second-order valence-corrected chi connectivity index (χ2v) is 9.29. The largest absolute Gasteiger partial charge is 0.497 e. The number of benzene rings is 1. The third-order valence-electron chi connectivity index (χ3n) is 6.76. The Morgan fingerprint density at radius 3 is 2.79 bits per heavy atom. The number of pyridine rings is 2. The van der Waals surface area contributed by atoms with E-state index in [2.05, 4.69) is 26.7 Å².